The second-order valence-corrected chi connectivity index (χ2v) is 7.53. The number of nitrogens with zero attached hydrogens (tertiary/aromatic N) is 2. The number of H-pyrrole nitrogens is 1. The fraction of sp³-hybridized carbons (Fsp3) is 0.250. The summed E-state index contributed by atoms with van der Waals surface area (Å²) in [6.07, 6.45) is 0. The maximum Gasteiger partial charge on any atom is 0.330 e. The van der Waals surface area contributed by atoms with Crippen molar-refractivity contribution in [3.05, 3.63) is 62.8 Å². The van der Waals surface area contributed by atoms with Crippen LogP contribution in [0.3, 0.4) is 0 Å². The predicted molar refractivity (Wildman–Crippen MR) is 103 cm³/mol. The van der Waals surface area contributed by atoms with Gasteiger partial charge in [-0.05, 0) is 5.56 Å². The van der Waals surface area contributed by atoms with E-state index in [-0.39, 0.29) is 24.0 Å². The van der Waals surface area contributed by atoms with Crippen molar-refractivity contribution in [2.45, 2.75) is 6.54 Å². The van der Waals surface area contributed by atoms with Crippen molar-refractivity contribution < 1.29 is 4.79 Å². The molecule has 1 aliphatic rings. The van der Waals surface area contributed by atoms with E-state index in [4.69, 9.17) is 0 Å². The summed E-state index contributed by atoms with van der Waals surface area (Å²) in [7, 11) is 0. The highest BCUT2D eigenvalue weighted by molar-refractivity contribution is 8.39. The minimum absolute atomic E-state index is 0.179. The summed E-state index contributed by atoms with van der Waals surface area (Å²) in [5.74, 6) is 1.02. The zero-order valence-electron chi connectivity index (χ0n) is 13.2. The molecule has 9 heteroatoms. The van der Waals surface area contributed by atoms with Crippen molar-refractivity contribution >= 4 is 39.6 Å². The second kappa shape index (κ2) is 8.21. The van der Waals surface area contributed by atoms with E-state index in [1.54, 1.807) is 11.8 Å². The average molecular weight is 376 g/mol. The molecule has 1 aromatic carbocycles. The summed E-state index contributed by atoms with van der Waals surface area (Å²) in [6, 6.07) is 10.6. The number of thioether (sulfide) groups is 2. The number of nitrogens with one attached hydrogen (secondary N) is 2. The van der Waals surface area contributed by atoms with Crippen molar-refractivity contribution in [2.24, 2.45) is 4.99 Å². The van der Waals surface area contributed by atoms with Gasteiger partial charge in [0, 0.05) is 11.8 Å². The van der Waals surface area contributed by atoms with Crippen LogP contribution in [0.4, 0.5) is 5.82 Å². The fourth-order valence-corrected chi connectivity index (χ4v) is 4.07. The van der Waals surface area contributed by atoms with Crippen LogP contribution in [-0.4, -0.2) is 37.9 Å². The van der Waals surface area contributed by atoms with Crippen LogP contribution in [0.1, 0.15) is 5.56 Å². The zero-order chi connectivity index (χ0) is 17.6. The Morgan fingerprint density at radius 2 is 2.12 bits per heavy atom. The largest absolute Gasteiger partial charge is 0.330 e. The maximum absolute atomic E-state index is 12.2. The lowest BCUT2D eigenvalue weighted by atomic mass is 10.2. The highest BCUT2D eigenvalue weighted by Crippen LogP contribution is 2.22. The van der Waals surface area contributed by atoms with Crippen molar-refractivity contribution in [1.82, 2.24) is 9.55 Å². The van der Waals surface area contributed by atoms with Gasteiger partial charge in [-0.2, -0.15) is 0 Å². The molecule has 1 amide bonds. The van der Waals surface area contributed by atoms with Crippen LogP contribution < -0.4 is 16.6 Å². The molecule has 2 heterocycles. The van der Waals surface area contributed by atoms with Crippen molar-refractivity contribution in [2.75, 3.05) is 23.4 Å². The third-order valence-corrected chi connectivity index (χ3v) is 5.62. The first-order valence-electron chi connectivity index (χ1n) is 7.60. The number of aromatic nitrogens is 2. The van der Waals surface area contributed by atoms with Gasteiger partial charge in [0.2, 0.25) is 5.91 Å². The predicted octanol–water partition coefficient (Wildman–Crippen LogP) is 1.36. The number of carbonyl (C=O) groups is 1. The lowest BCUT2D eigenvalue weighted by Gasteiger charge is -2.13. The third kappa shape index (κ3) is 4.86. The van der Waals surface area contributed by atoms with E-state index < -0.39 is 11.2 Å². The van der Waals surface area contributed by atoms with Crippen LogP contribution in [-0.2, 0) is 11.3 Å². The monoisotopic (exact) mass is 376 g/mol. The van der Waals surface area contributed by atoms with E-state index in [9.17, 15) is 14.4 Å². The Morgan fingerprint density at radius 1 is 1.32 bits per heavy atom. The molecule has 0 saturated heterocycles. The van der Waals surface area contributed by atoms with Crippen molar-refractivity contribution in [1.29, 1.82) is 0 Å². The molecule has 7 nitrogen and oxygen atoms in total. The van der Waals surface area contributed by atoms with Crippen LogP contribution in [0.15, 0.2) is 51.0 Å². The number of carbonyl (C=O) groups excluding carboxylic acids is 1. The Hall–Kier alpha value is -2.26. The third-order valence-electron chi connectivity index (χ3n) is 3.37. The summed E-state index contributed by atoms with van der Waals surface area (Å²) in [5.41, 5.74) is -0.221. The van der Waals surface area contributed by atoms with E-state index in [0.29, 0.717) is 0 Å². The Kier molecular flexibility index (Phi) is 5.77. The quantitative estimate of drug-likeness (QED) is 0.821. The molecule has 130 valence electrons. The molecule has 2 N–H and O–H groups in total. The molecule has 0 aliphatic carbocycles. The molecular formula is C16H16N4O3S2. The summed E-state index contributed by atoms with van der Waals surface area (Å²) < 4.78 is 2.23. The fourth-order valence-electron chi connectivity index (χ4n) is 2.26. The Bertz CT molecular complexity index is 906. The SMILES string of the molecule is O=C(CSC1=NCCS1)Nc1cc(=O)[nH]c(=O)n1Cc1ccccc1. The molecule has 0 unspecified atom stereocenters. The molecular weight excluding hydrogens is 360 g/mol. The number of aromatic amines is 1. The molecule has 0 radical (unpaired) electrons. The van der Waals surface area contributed by atoms with Gasteiger partial charge >= 0.3 is 5.69 Å². The first-order chi connectivity index (χ1) is 12.1. The summed E-state index contributed by atoms with van der Waals surface area (Å²) >= 11 is 2.98. The molecule has 0 fully saturated rings. The summed E-state index contributed by atoms with van der Waals surface area (Å²) in [4.78, 5) is 42.4. The number of aliphatic imine (C=N–C) groups is 1. The maximum atomic E-state index is 12.2. The Balaban J connectivity index is 1.76. The van der Waals surface area contributed by atoms with Crippen molar-refractivity contribution in [3.8, 4) is 0 Å². The van der Waals surface area contributed by atoms with Gasteiger partial charge in [0.1, 0.15) is 10.2 Å². The van der Waals surface area contributed by atoms with Crippen LogP contribution in [0.5, 0.6) is 0 Å². The smallest absolute Gasteiger partial charge is 0.311 e. The lowest BCUT2D eigenvalue weighted by molar-refractivity contribution is -0.113. The van der Waals surface area contributed by atoms with Crippen LogP contribution in [0.25, 0.3) is 0 Å². The summed E-state index contributed by atoms with van der Waals surface area (Å²) in [6.45, 7) is 1.03. The van der Waals surface area contributed by atoms with Gasteiger partial charge in [-0.25, -0.2) is 4.79 Å². The van der Waals surface area contributed by atoms with E-state index in [1.165, 1.54) is 22.4 Å². The highest BCUT2D eigenvalue weighted by Gasteiger charge is 2.13. The molecule has 1 aromatic heterocycles. The van der Waals surface area contributed by atoms with Gasteiger partial charge in [-0.1, -0.05) is 53.9 Å². The Morgan fingerprint density at radius 3 is 2.84 bits per heavy atom. The first-order valence-corrected chi connectivity index (χ1v) is 9.57. The molecule has 0 spiro atoms. The molecule has 0 saturated carbocycles. The van der Waals surface area contributed by atoms with Crippen LogP contribution in [0.2, 0.25) is 0 Å². The molecule has 0 bridgehead atoms. The minimum Gasteiger partial charge on any atom is -0.311 e. The first kappa shape index (κ1) is 17.6. The highest BCUT2D eigenvalue weighted by atomic mass is 32.2. The zero-order valence-corrected chi connectivity index (χ0v) is 14.9. The van der Waals surface area contributed by atoms with Crippen LogP contribution >= 0.6 is 23.5 Å². The number of hydrogen-bond acceptors (Lipinski definition) is 6. The molecule has 0 atom stereocenters. The number of hydrogen-bond donors (Lipinski definition) is 2. The topological polar surface area (TPSA) is 96.3 Å². The lowest BCUT2D eigenvalue weighted by Crippen LogP contribution is -2.33. The van der Waals surface area contributed by atoms with E-state index >= 15 is 0 Å². The van der Waals surface area contributed by atoms with Gasteiger partial charge in [0.15, 0.2) is 0 Å². The number of anilines is 1. The Labute approximate surface area is 151 Å². The normalized spacial score (nSPS) is 13.5. The van der Waals surface area contributed by atoms with Gasteiger partial charge < -0.3 is 5.32 Å². The number of benzene rings is 1. The number of rotatable bonds is 5. The minimum atomic E-state index is -0.560. The molecule has 25 heavy (non-hydrogen) atoms. The molecule has 3 rings (SSSR count). The van der Waals surface area contributed by atoms with E-state index in [1.807, 2.05) is 30.3 Å². The van der Waals surface area contributed by atoms with E-state index in [2.05, 4.69) is 15.3 Å². The molecule has 2 aromatic rings. The standard InChI is InChI=1S/C16H16N4O3S2/c21-13-8-12(18-14(22)10-25-16-17-6-7-24-16)20(15(23)19-13)9-11-4-2-1-3-5-11/h1-5,8H,6-7,9-10H2,(H,18,22)(H,19,21,23). The van der Waals surface area contributed by atoms with Gasteiger partial charge in [0.05, 0.1) is 18.8 Å². The van der Waals surface area contributed by atoms with Crippen LogP contribution in [0, 0.1) is 0 Å². The average Bonchev–Trinajstić information content (AvgIpc) is 3.10. The van der Waals surface area contributed by atoms with Gasteiger partial charge in [0.25, 0.3) is 5.56 Å². The number of amides is 1. The summed E-state index contributed by atoms with van der Waals surface area (Å²) in [5, 5.41) is 2.66. The van der Waals surface area contributed by atoms with Crippen molar-refractivity contribution in [3.63, 3.8) is 0 Å². The van der Waals surface area contributed by atoms with Gasteiger partial charge in [-0.3, -0.25) is 24.1 Å². The van der Waals surface area contributed by atoms with Gasteiger partial charge in [-0.15, -0.1) is 0 Å². The second-order valence-electron chi connectivity index (χ2n) is 5.23. The molecule has 1 aliphatic heterocycles. The van der Waals surface area contributed by atoms with E-state index in [0.717, 1.165) is 22.2 Å².